The quantitative estimate of drug-likeness (QED) is 0.925. The number of carbonyl (C=O) groups excluding carboxylic acids is 1. The molecule has 8 heteroatoms. The van der Waals surface area contributed by atoms with Crippen molar-refractivity contribution in [1.29, 1.82) is 0 Å². The third kappa shape index (κ3) is 3.53. The van der Waals surface area contributed by atoms with Crippen molar-refractivity contribution in [2.24, 2.45) is 5.73 Å². The van der Waals surface area contributed by atoms with Gasteiger partial charge in [-0.15, -0.1) is 5.10 Å². The van der Waals surface area contributed by atoms with E-state index in [0.29, 0.717) is 13.1 Å². The van der Waals surface area contributed by atoms with Gasteiger partial charge in [0.15, 0.2) is 11.6 Å². The van der Waals surface area contributed by atoms with Crippen LogP contribution >= 0.6 is 0 Å². The molecule has 1 amide bonds. The van der Waals surface area contributed by atoms with Crippen molar-refractivity contribution in [3.8, 4) is 0 Å². The molecule has 122 valence electrons. The number of nitrogens with zero attached hydrogens (tertiary/aromatic N) is 4. The Balaban J connectivity index is 1.67. The average molecular weight is 321 g/mol. The van der Waals surface area contributed by atoms with E-state index in [2.05, 4.69) is 15.0 Å². The summed E-state index contributed by atoms with van der Waals surface area (Å²) >= 11 is 0. The van der Waals surface area contributed by atoms with Gasteiger partial charge in [-0.3, -0.25) is 9.69 Å². The summed E-state index contributed by atoms with van der Waals surface area (Å²) in [6.07, 6.45) is 3.36. The number of halogens is 2. The minimum Gasteiger partial charge on any atom is -0.363 e. The Kier molecular flexibility index (Phi) is 4.33. The monoisotopic (exact) mass is 321 g/mol. The Morgan fingerprint density at radius 3 is 2.87 bits per heavy atom. The zero-order valence-electron chi connectivity index (χ0n) is 12.5. The molecule has 1 aromatic heterocycles. The molecule has 0 radical (unpaired) electrons. The highest BCUT2D eigenvalue weighted by atomic mass is 19.2. The van der Waals surface area contributed by atoms with E-state index in [-0.39, 0.29) is 11.9 Å². The Hall–Kier alpha value is -2.35. The Bertz CT molecular complexity index is 718. The fourth-order valence-electron chi connectivity index (χ4n) is 2.85. The maximum absolute atomic E-state index is 13.3. The summed E-state index contributed by atoms with van der Waals surface area (Å²) in [5.41, 5.74) is 5.88. The van der Waals surface area contributed by atoms with E-state index >= 15 is 0 Å². The predicted molar refractivity (Wildman–Crippen MR) is 78.4 cm³/mol. The lowest BCUT2D eigenvalue weighted by Gasteiger charge is -2.32. The van der Waals surface area contributed by atoms with Crippen LogP contribution in [0, 0.1) is 11.6 Å². The molecule has 1 aliphatic rings. The molecular formula is C15H17F2N5O. The second-order valence-electron chi connectivity index (χ2n) is 5.69. The minimum absolute atomic E-state index is 0.00253. The molecule has 0 saturated carbocycles. The lowest BCUT2D eigenvalue weighted by Crippen LogP contribution is -2.36. The molecule has 3 rings (SSSR count). The van der Waals surface area contributed by atoms with E-state index in [1.54, 1.807) is 10.7 Å². The average Bonchev–Trinajstić information content (AvgIpc) is 3.01. The SMILES string of the molecule is NC(=O)c1ncn([C@@H]2CCCN(Cc3ccc(F)c(F)c3)C2)n1. The summed E-state index contributed by atoms with van der Waals surface area (Å²) < 4.78 is 27.9. The van der Waals surface area contributed by atoms with E-state index in [1.807, 2.05) is 0 Å². The fourth-order valence-corrected chi connectivity index (χ4v) is 2.85. The molecule has 23 heavy (non-hydrogen) atoms. The lowest BCUT2D eigenvalue weighted by atomic mass is 10.0. The molecule has 2 N–H and O–H groups in total. The number of piperidine rings is 1. The molecule has 0 unspecified atom stereocenters. The van der Waals surface area contributed by atoms with Crippen molar-refractivity contribution in [3.05, 3.63) is 47.5 Å². The van der Waals surface area contributed by atoms with Gasteiger partial charge in [-0.1, -0.05) is 6.07 Å². The van der Waals surface area contributed by atoms with Gasteiger partial charge in [0.1, 0.15) is 6.33 Å². The number of amides is 1. The maximum Gasteiger partial charge on any atom is 0.288 e. The number of hydrogen-bond acceptors (Lipinski definition) is 4. The highest BCUT2D eigenvalue weighted by Crippen LogP contribution is 2.22. The van der Waals surface area contributed by atoms with Gasteiger partial charge >= 0.3 is 0 Å². The molecule has 1 atom stereocenters. The summed E-state index contributed by atoms with van der Waals surface area (Å²) in [5.74, 6) is -2.33. The number of primary amides is 1. The van der Waals surface area contributed by atoms with Crippen LogP contribution in [0.15, 0.2) is 24.5 Å². The van der Waals surface area contributed by atoms with Crippen LogP contribution in [-0.2, 0) is 6.54 Å². The predicted octanol–water partition coefficient (Wildman–Crippen LogP) is 1.49. The van der Waals surface area contributed by atoms with Crippen LogP contribution in [0.2, 0.25) is 0 Å². The summed E-state index contributed by atoms with van der Waals surface area (Å²) in [4.78, 5) is 17.1. The van der Waals surface area contributed by atoms with Gasteiger partial charge in [-0.05, 0) is 37.1 Å². The lowest BCUT2D eigenvalue weighted by molar-refractivity contribution is 0.0989. The van der Waals surface area contributed by atoms with Gasteiger partial charge in [0.25, 0.3) is 5.91 Å². The molecule has 6 nitrogen and oxygen atoms in total. The van der Waals surface area contributed by atoms with Crippen molar-refractivity contribution < 1.29 is 13.6 Å². The first kappa shape index (κ1) is 15.5. The van der Waals surface area contributed by atoms with Crippen molar-refractivity contribution in [2.75, 3.05) is 13.1 Å². The maximum atomic E-state index is 13.3. The second-order valence-corrected chi connectivity index (χ2v) is 5.69. The fraction of sp³-hybridized carbons (Fsp3) is 0.400. The van der Waals surface area contributed by atoms with Gasteiger partial charge in [-0.2, -0.15) is 0 Å². The van der Waals surface area contributed by atoms with Crippen LogP contribution in [0.4, 0.5) is 8.78 Å². The van der Waals surface area contributed by atoms with E-state index < -0.39 is 17.5 Å². The van der Waals surface area contributed by atoms with Crippen LogP contribution in [0.25, 0.3) is 0 Å². The molecule has 0 spiro atoms. The molecule has 0 bridgehead atoms. The van der Waals surface area contributed by atoms with Crippen molar-refractivity contribution in [1.82, 2.24) is 19.7 Å². The normalized spacial score (nSPS) is 19.0. The Morgan fingerprint density at radius 1 is 1.35 bits per heavy atom. The van der Waals surface area contributed by atoms with Gasteiger partial charge in [-0.25, -0.2) is 18.4 Å². The van der Waals surface area contributed by atoms with Crippen LogP contribution in [0.3, 0.4) is 0 Å². The molecule has 1 aliphatic heterocycles. The number of hydrogen-bond donors (Lipinski definition) is 1. The van der Waals surface area contributed by atoms with Crippen LogP contribution in [0.1, 0.15) is 35.1 Å². The van der Waals surface area contributed by atoms with Crippen molar-refractivity contribution in [3.63, 3.8) is 0 Å². The van der Waals surface area contributed by atoms with Crippen LogP contribution in [0.5, 0.6) is 0 Å². The van der Waals surface area contributed by atoms with Crippen LogP contribution < -0.4 is 5.73 Å². The molecule has 0 aliphatic carbocycles. The van der Waals surface area contributed by atoms with E-state index in [9.17, 15) is 13.6 Å². The van der Waals surface area contributed by atoms with Crippen molar-refractivity contribution in [2.45, 2.75) is 25.4 Å². The zero-order valence-corrected chi connectivity index (χ0v) is 12.5. The third-order valence-electron chi connectivity index (χ3n) is 3.97. The zero-order chi connectivity index (χ0) is 16.4. The smallest absolute Gasteiger partial charge is 0.288 e. The molecule has 2 aromatic rings. The van der Waals surface area contributed by atoms with Gasteiger partial charge in [0, 0.05) is 13.1 Å². The van der Waals surface area contributed by atoms with E-state index in [4.69, 9.17) is 5.73 Å². The topological polar surface area (TPSA) is 77.0 Å². The first-order valence-corrected chi connectivity index (χ1v) is 7.40. The first-order chi connectivity index (χ1) is 11.0. The highest BCUT2D eigenvalue weighted by Gasteiger charge is 2.23. The number of rotatable bonds is 4. The van der Waals surface area contributed by atoms with Gasteiger partial charge in [0.2, 0.25) is 5.82 Å². The standard InChI is InChI=1S/C15H17F2N5O/c16-12-4-3-10(6-13(12)17)7-21-5-1-2-11(8-21)22-9-19-15(20-22)14(18)23/h3-4,6,9,11H,1-2,5,7-8H2,(H2,18,23)/t11-/m1/s1. The molecule has 1 fully saturated rings. The summed E-state index contributed by atoms with van der Waals surface area (Å²) in [6.45, 7) is 2.10. The molecule has 1 aromatic carbocycles. The van der Waals surface area contributed by atoms with E-state index in [0.717, 1.165) is 31.0 Å². The number of carbonyl (C=O) groups is 1. The van der Waals surface area contributed by atoms with E-state index in [1.165, 1.54) is 12.4 Å². The number of nitrogens with two attached hydrogens (primary N) is 1. The largest absolute Gasteiger partial charge is 0.363 e. The second kappa shape index (κ2) is 6.41. The molecular weight excluding hydrogens is 304 g/mol. The first-order valence-electron chi connectivity index (χ1n) is 7.40. The van der Waals surface area contributed by atoms with Crippen molar-refractivity contribution >= 4 is 5.91 Å². The Labute approximate surface area is 131 Å². The number of aromatic nitrogens is 3. The summed E-state index contributed by atoms with van der Waals surface area (Å²) in [6, 6.07) is 4.03. The number of benzene rings is 1. The third-order valence-corrected chi connectivity index (χ3v) is 3.97. The Morgan fingerprint density at radius 2 is 2.17 bits per heavy atom. The van der Waals surface area contributed by atoms with Crippen LogP contribution in [-0.4, -0.2) is 38.7 Å². The summed E-state index contributed by atoms with van der Waals surface area (Å²) in [7, 11) is 0. The minimum atomic E-state index is -0.841. The van der Waals surface area contributed by atoms with Gasteiger partial charge in [0.05, 0.1) is 6.04 Å². The molecule has 2 heterocycles. The summed E-state index contributed by atoms with van der Waals surface area (Å²) in [5, 5.41) is 4.10. The highest BCUT2D eigenvalue weighted by molar-refractivity contribution is 5.88. The van der Waals surface area contributed by atoms with Gasteiger partial charge < -0.3 is 5.73 Å². The molecule has 1 saturated heterocycles. The number of likely N-dealkylation sites (tertiary alicyclic amines) is 1.